The Kier molecular flexibility index (Phi) is 4.04. The molecule has 5 heteroatoms. The lowest BCUT2D eigenvalue weighted by molar-refractivity contribution is -0.116. The summed E-state index contributed by atoms with van der Waals surface area (Å²) in [5.74, 6) is 0.222. The van der Waals surface area contributed by atoms with E-state index in [2.05, 4.69) is 17.5 Å². The normalized spacial score (nSPS) is 18.5. The van der Waals surface area contributed by atoms with Crippen LogP contribution in [-0.4, -0.2) is 20.6 Å². The Labute approximate surface area is 113 Å². The van der Waals surface area contributed by atoms with Gasteiger partial charge in [0.15, 0.2) is 9.84 Å². The van der Waals surface area contributed by atoms with Crippen LogP contribution in [0.5, 0.6) is 0 Å². The number of hydrogen-bond acceptors (Lipinski definition) is 3. The summed E-state index contributed by atoms with van der Waals surface area (Å²) in [7, 11) is -3.25. The molecule has 1 aromatic carbocycles. The van der Waals surface area contributed by atoms with Crippen molar-refractivity contribution in [3.8, 4) is 0 Å². The molecule has 0 aromatic heterocycles. The molecule has 1 amide bonds. The fraction of sp³-hybridized carbons (Fsp3) is 0.357. The van der Waals surface area contributed by atoms with Crippen LogP contribution in [0.15, 0.2) is 41.3 Å². The van der Waals surface area contributed by atoms with E-state index in [1.54, 1.807) is 12.1 Å². The molecule has 102 valence electrons. The Morgan fingerprint density at radius 1 is 1.42 bits per heavy atom. The smallest absolute Gasteiger partial charge is 0.224 e. The fourth-order valence-electron chi connectivity index (χ4n) is 2.12. The van der Waals surface area contributed by atoms with Crippen LogP contribution in [0.1, 0.15) is 19.3 Å². The highest BCUT2D eigenvalue weighted by atomic mass is 32.2. The molecular weight excluding hydrogens is 262 g/mol. The first kappa shape index (κ1) is 13.8. The second-order valence-corrected chi connectivity index (χ2v) is 6.83. The van der Waals surface area contributed by atoms with Gasteiger partial charge in [-0.05, 0) is 37.0 Å². The fourth-order valence-corrected chi connectivity index (χ4v) is 2.79. The second kappa shape index (κ2) is 5.57. The molecular formula is C14H17NO3S. The van der Waals surface area contributed by atoms with Crippen molar-refractivity contribution >= 4 is 21.4 Å². The Morgan fingerprint density at radius 2 is 2.21 bits per heavy atom. The lowest BCUT2D eigenvalue weighted by Gasteiger charge is -2.09. The van der Waals surface area contributed by atoms with E-state index in [1.165, 1.54) is 12.1 Å². The summed E-state index contributed by atoms with van der Waals surface area (Å²) in [5, 5.41) is 2.74. The first-order valence-electron chi connectivity index (χ1n) is 6.22. The molecule has 1 aliphatic rings. The Morgan fingerprint density at radius 3 is 2.84 bits per heavy atom. The first-order valence-corrected chi connectivity index (χ1v) is 8.11. The zero-order chi connectivity index (χ0) is 13.9. The molecule has 1 aliphatic carbocycles. The molecule has 4 nitrogen and oxygen atoms in total. The lowest BCUT2D eigenvalue weighted by atomic mass is 10.1. The van der Waals surface area contributed by atoms with E-state index in [4.69, 9.17) is 0 Å². The SMILES string of the molecule is CS(=O)(=O)c1cccc(NC(=O)C[C@@H]2C=CCC2)c1. The molecule has 0 heterocycles. The summed E-state index contributed by atoms with van der Waals surface area (Å²) < 4.78 is 22.9. The van der Waals surface area contributed by atoms with Crippen molar-refractivity contribution in [2.75, 3.05) is 11.6 Å². The molecule has 0 saturated heterocycles. The predicted molar refractivity (Wildman–Crippen MR) is 74.7 cm³/mol. The average molecular weight is 279 g/mol. The number of carbonyl (C=O) groups excluding carboxylic acids is 1. The van der Waals surface area contributed by atoms with E-state index < -0.39 is 9.84 Å². The molecule has 1 atom stereocenters. The summed E-state index contributed by atoms with van der Waals surface area (Å²) in [6, 6.07) is 6.32. The third-order valence-electron chi connectivity index (χ3n) is 3.11. The number of anilines is 1. The van der Waals surface area contributed by atoms with E-state index in [-0.39, 0.29) is 10.8 Å². The monoisotopic (exact) mass is 279 g/mol. The molecule has 19 heavy (non-hydrogen) atoms. The number of sulfone groups is 1. The van der Waals surface area contributed by atoms with Crippen LogP contribution >= 0.6 is 0 Å². The van der Waals surface area contributed by atoms with Crippen molar-refractivity contribution < 1.29 is 13.2 Å². The Balaban J connectivity index is 2.02. The molecule has 0 fully saturated rings. The summed E-state index contributed by atoms with van der Waals surface area (Å²) in [6.45, 7) is 0. The molecule has 2 rings (SSSR count). The number of hydrogen-bond donors (Lipinski definition) is 1. The van der Waals surface area contributed by atoms with Crippen LogP contribution in [0.4, 0.5) is 5.69 Å². The molecule has 0 spiro atoms. The van der Waals surface area contributed by atoms with Gasteiger partial charge < -0.3 is 5.32 Å². The number of nitrogens with one attached hydrogen (secondary N) is 1. The van der Waals surface area contributed by atoms with Crippen molar-refractivity contribution in [3.63, 3.8) is 0 Å². The summed E-state index contributed by atoms with van der Waals surface area (Å²) in [5.41, 5.74) is 0.523. The topological polar surface area (TPSA) is 63.2 Å². The number of allylic oxidation sites excluding steroid dienone is 2. The highest BCUT2D eigenvalue weighted by Crippen LogP contribution is 2.21. The largest absolute Gasteiger partial charge is 0.326 e. The van der Waals surface area contributed by atoms with Gasteiger partial charge in [0.1, 0.15) is 0 Å². The third kappa shape index (κ3) is 3.92. The van der Waals surface area contributed by atoms with Crippen LogP contribution in [0.2, 0.25) is 0 Å². The maximum atomic E-state index is 11.8. The Bertz CT molecular complexity index is 605. The van der Waals surface area contributed by atoms with Crippen LogP contribution in [-0.2, 0) is 14.6 Å². The first-order chi connectivity index (χ1) is 8.95. The van der Waals surface area contributed by atoms with Crippen LogP contribution in [0, 0.1) is 5.92 Å². The van der Waals surface area contributed by atoms with E-state index in [9.17, 15) is 13.2 Å². The minimum atomic E-state index is -3.25. The second-order valence-electron chi connectivity index (χ2n) is 4.82. The van der Waals surface area contributed by atoms with Gasteiger partial charge in [-0.25, -0.2) is 8.42 Å². The number of amides is 1. The van der Waals surface area contributed by atoms with Crippen molar-refractivity contribution in [3.05, 3.63) is 36.4 Å². The van der Waals surface area contributed by atoms with Gasteiger partial charge >= 0.3 is 0 Å². The van der Waals surface area contributed by atoms with Crippen molar-refractivity contribution in [2.45, 2.75) is 24.2 Å². The van der Waals surface area contributed by atoms with Gasteiger partial charge in [0.05, 0.1) is 4.90 Å². The minimum absolute atomic E-state index is 0.0813. The van der Waals surface area contributed by atoms with Gasteiger partial charge in [-0.2, -0.15) is 0 Å². The molecule has 1 aromatic rings. The zero-order valence-electron chi connectivity index (χ0n) is 10.8. The number of carbonyl (C=O) groups is 1. The quantitative estimate of drug-likeness (QED) is 0.861. The summed E-state index contributed by atoms with van der Waals surface area (Å²) in [4.78, 5) is 12.0. The van der Waals surface area contributed by atoms with Crippen LogP contribution in [0.25, 0.3) is 0 Å². The summed E-state index contributed by atoms with van der Waals surface area (Å²) >= 11 is 0. The standard InChI is InChI=1S/C14H17NO3S/c1-19(17,18)13-8-4-7-12(10-13)15-14(16)9-11-5-2-3-6-11/h2,4-5,7-8,10-11H,3,6,9H2,1H3,(H,15,16)/t11-/m1/s1. The van der Waals surface area contributed by atoms with Crippen molar-refractivity contribution in [2.24, 2.45) is 5.92 Å². The van der Waals surface area contributed by atoms with E-state index in [1.807, 2.05) is 0 Å². The molecule has 0 unspecified atom stereocenters. The van der Waals surface area contributed by atoms with Crippen molar-refractivity contribution in [1.82, 2.24) is 0 Å². The maximum absolute atomic E-state index is 11.8. The van der Waals surface area contributed by atoms with E-state index in [0.717, 1.165) is 19.1 Å². The molecule has 1 N–H and O–H groups in total. The third-order valence-corrected chi connectivity index (χ3v) is 4.22. The van der Waals surface area contributed by atoms with Gasteiger partial charge in [-0.3, -0.25) is 4.79 Å². The van der Waals surface area contributed by atoms with Gasteiger partial charge in [0.25, 0.3) is 0 Å². The van der Waals surface area contributed by atoms with Gasteiger partial charge in [0, 0.05) is 18.4 Å². The number of benzene rings is 1. The lowest BCUT2D eigenvalue weighted by Crippen LogP contribution is -2.15. The van der Waals surface area contributed by atoms with Gasteiger partial charge in [-0.15, -0.1) is 0 Å². The average Bonchev–Trinajstić information content (AvgIpc) is 2.80. The van der Waals surface area contributed by atoms with E-state index in [0.29, 0.717) is 18.0 Å². The molecule has 0 radical (unpaired) electrons. The van der Waals surface area contributed by atoms with Crippen LogP contribution < -0.4 is 5.32 Å². The van der Waals surface area contributed by atoms with Crippen LogP contribution in [0.3, 0.4) is 0 Å². The highest BCUT2D eigenvalue weighted by molar-refractivity contribution is 7.90. The number of rotatable bonds is 4. The molecule has 0 bridgehead atoms. The van der Waals surface area contributed by atoms with E-state index >= 15 is 0 Å². The maximum Gasteiger partial charge on any atom is 0.224 e. The van der Waals surface area contributed by atoms with Crippen molar-refractivity contribution in [1.29, 1.82) is 0 Å². The summed E-state index contributed by atoms with van der Waals surface area (Å²) in [6.07, 6.45) is 7.78. The van der Waals surface area contributed by atoms with Gasteiger partial charge in [0.2, 0.25) is 5.91 Å². The zero-order valence-corrected chi connectivity index (χ0v) is 11.6. The predicted octanol–water partition coefficient (Wildman–Crippen LogP) is 2.38. The van der Waals surface area contributed by atoms with Gasteiger partial charge in [-0.1, -0.05) is 18.2 Å². The highest BCUT2D eigenvalue weighted by Gasteiger charge is 2.14. The molecule has 0 saturated carbocycles. The minimum Gasteiger partial charge on any atom is -0.326 e. The molecule has 0 aliphatic heterocycles. The Hall–Kier alpha value is -1.62.